The Labute approximate surface area is 120 Å². The van der Waals surface area contributed by atoms with Gasteiger partial charge in [-0.2, -0.15) is 13.2 Å². The third kappa shape index (κ3) is 2.68. The van der Waals surface area contributed by atoms with Crippen LogP contribution in [0.15, 0.2) is 42.5 Å². The number of alkyl halides is 3. The van der Waals surface area contributed by atoms with Crippen LogP contribution in [0.1, 0.15) is 29.0 Å². The highest BCUT2D eigenvalue weighted by molar-refractivity contribution is 5.59. The van der Waals surface area contributed by atoms with Crippen LogP contribution in [0.25, 0.3) is 0 Å². The largest absolute Gasteiger partial charge is 0.508 e. The van der Waals surface area contributed by atoms with Crippen molar-refractivity contribution in [1.82, 2.24) is 0 Å². The van der Waals surface area contributed by atoms with Crippen LogP contribution in [-0.4, -0.2) is 11.7 Å². The van der Waals surface area contributed by atoms with Gasteiger partial charge in [0.1, 0.15) is 5.75 Å². The number of anilines is 1. The molecule has 2 aromatic rings. The number of rotatable bonds is 1. The van der Waals surface area contributed by atoms with E-state index in [9.17, 15) is 18.3 Å². The number of aromatic hydroxyl groups is 1. The van der Waals surface area contributed by atoms with E-state index in [0.717, 1.165) is 23.7 Å². The maximum Gasteiger partial charge on any atom is 0.416 e. The van der Waals surface area contributed by atoms with E-state index in [2.05, 4.69) is 5.32 Å². The van der Waals surface area contributed by atoms with Gasteiger partial charge in [-0.25, -0.2) is 0 Å². The Morgan fingerprint density at radius 2 is 1.76 bits per heavy atom. The van der Waals surface area contributed by atoms with Crippen LogP contribution in [0.3, 0.4) is 0 Å². The highest BCUT2D eigenvalue weighted by Crippen LogP contribution is 2.40. The minimum absolute atomic E-state index is 0.0934. The van der Waals surface area contributed by atoms with E-state index in [1.807, 2.05) is 0 Å². The number of phenolic OH excluding ortho intramolecular Hbond substituents is 1. The summed E-state index contributed by atoms with van der Waals surface area (Å²) < 4.78 is 38.7. The third-order valence-corrected chi connectivity index (χ3v) is 3.80. The lowest BCUT2D eigenvalue weighted by molar-refractivity contribution is -0.137. The number of benzene rings is 2. The van der Waals surface area contributed by atoms with Crippen LogP contribution in [-0.2, 0) is 6.18 Å². The molecule has 0 fully saturated rings. The molecule has 0 aromatic heterocycles. The van der Waals surface area contributed by atoms with Crippen LogP contribution >= 0.6 is 0 Å². The first-order valence-corrected chi connectivity index (χ1v) is 6.69. The van der Waals surface area contributed by atoms with Gasteiger partial charge in [0.05, 0.1) is 5.56 Å². The number of fused-ring (bicyclic) bond motifs is 1. The molecule has 21 heavy (non-hydrogen) atoms. The predicted molar refractivity (Wildman–Crippen MR) is 74.5 cm³/mol. The molecule has 0 bridgehead atoms. The fraction of sp³-hybridized carbons (Fsp3) is 0.250. The summed E-state index contributed by atoms with van der Waals surface area (Å²) in [6.45, 7) is 0.712. The number of nitrogens with one attached hydrogen (secondary N) is 1. The second kappa shape index (κ2) is 4.98. The molecular formula is C16H14F3NO. The minimum Gasteiger partial charge on any atom is -0.508 e. The number of phenols is 1. The molecule has 2 nitrogen and oxygen atoms in total. The first-order chi connectivity index (χ1) is 9.95. The molecule has 0 aliphatic carbocycles. The molecule has 5 heteroatoms. The van der Waals surface area contributed by atoms with Gasteiger partial charge >= 0.3 is 6.18 Å². The van der Waals surface area contributed by atoms with E-state index in [-0.39, 0.29) is 11.7 Å². The minimum atomic E-state index is -4.34. The summed E-state index contributed by atoms with van der Waals surface area (Å²) in [6, 6.07) is 10.5. The SMILES string of the molecule is Oc1ccc(C2CCNc3ccc(C(F)(F)F)cc32)cc1. The fourth-order valence-corrected chi connectivity index (χ4v) is 2.75. The molecular weight excluding hydrogens is 279 g/mol. The number of hydrogen-bond donors (Lipinski definition) is 2. The maximum atomic E-state index is 12.9. The Hall–Kier alpha value is -2.17. The summed E-state index contributed by atoms with van der Waals surface area (Å²) in [7, 11) is 0. The van der Waals surface area contributed by atoms with E-state index < -0.39 is 11.7 Å². The zero-order chi connectivity index (χ0) is 15.0. The van der Waals surface area contributed by atoms with Crippen molar-refractivity contribution in [3.05, 3.63) is 59.2 Å². The molecule has 1 unspecified atom stereocenters. The van der Waals surface area contributed by atoms with Crippen LogP contribution < -0.4 is 5.32 Å². The van der Waals surface area contributed by atoms with Crippen LogP contribution in [0.2, 0.25) is 0 Å². The Morgan fingerprint density at radius 1 is 1.05 bits per heavy atom. The zero-order valence-corrected chi connectivity index (χ0v) is 11.1. The smallest absolute Gasteiger partial charge is 0.416 e. The predicted octanol–water partition coefficient (Wildman–Crippen LogP) is 4.36. The van der Waals surface area contributed by atoms with E-state index in [4.69, 9.17) is 0 Å². The van der Waals surface area contributed by atoms with Crippen molar-refractivity contribution < 1.29 is 18.3 Å². The Morgan fingerprint density at radius 3 is 2.43 bits per heavy atom. The topological polar surface area (TPSA) is 32.3 Å². The van der Waals surface area contributed by atoms with Crippen LogP contribution in [0.4, 0.5) is 18.9 Å². The van der Waals surface area contributed by atoms with Gasteiger partial charge in [0.2, 0.25) is 0 Å². The highest BCUT2D eigenvalue weighted by Gasteiger charge is 2.32. The van der Waals surface area contributed by atoms with E-state index >= 15 is 0 Å². The van der Waals surface area contributed by atoms with Crippen molar-refractivity contribution in [2.24, 2.45) is 0 Å². The van der Waals surface area contributed by atoms with Gasteiger partial charge in [0.25, 0.3) is 0 Å². The van der Waals surface area contributed by atoms with Crippen molar-refractivity contribution in [2.45, 2.75) is 18.5 Å². The van der Waals surface area contributed by atoms with Gasteiger partial charge in [0.15, 0.2) is 0 Å². The Bertz CT molecular complexity index is 650. The standard InChI is InChI=1S/C16H14F3NO/c17-16(18,19)11-3-6-15-14(9-11)13(7-8-20-15)10-1-4-12(21)5-2-10/h1-6,9,13,20-21H,7-8H2. The molecule has 3 rings (SSSR count). The number of halogens is 3. The summed E-state index contributed by atoms with van der Waals surface area (Å²) in [5, 5.41) is 12.5. The summed E-state index contributed by atoms with van der Waals surface area (Å²) in [4.78, 5) is 0. The molecule has 0 radical (unpaired) electrons. The van der Waals surface area contributed by atoms with Gasteiger partial charge in [-0.15, -0.1) is 0 Å². The van der Waals surface area contributed by atoms with E-state index in [1.165, 1.54) is 12.1 Å². The average molecular weight is 293 g/mol. The van der Waals surface area contributed by atoms with Gasteiger partial charge in [0, 0.05) is 18.2 Å². The van der Waals surface area contributed by atoms with E-state index in [0.29, 0.717) is 12.1 Å². The second-order valence-corrected chi connectivity index (χ2v) is 5.16. The molecule has 2 aromatic carbocycles. The number of hydrogen-bond acceptors (Lipinski definition) is 2. The van der Waals surface area contributed by atoms with Crippen molar-refractivity contribution in [2.75, 3.05) is 11.9 Å². The molecule has 0 amide bonds. The first kappa shape index (κ1) is 13.8. The highest BCUT2D eigenvalue weighted by atomic mass is 19.4. The van der Waals surface area contributed by atoms with Crippen molar-refractivity contribution in [1.29, 1.82) is 0 Å². The van der Waals surface area contributed by atoms with Crippen molar-refractivity contribution in [3.63, 3.8) is 0 Å². The van der Waals surface area contributed by atoms with Gasteiger partial charge < -0.3 is 10.4 Å². The zero-order valence-electron chi connectivity index (χ0n) is 11.1. The second-order valence-electron chi connectivity index (χ2n) is 5.16. The molecule has 1 heterocycles. The maximum absolute atomic E-state index is 12.9. The van der Waals surface area contributed by atoms with Crippen LogP contribution in [0, 0.1) is 0 Å². The molecule has 1 atom stereocenters. The Kier molecular flexibility index (Phi) is 3.27. The third-order valence-electron chi connectivity index (χ3n) is 3.80. The fourth-order valence-electron chi connectivity index (χ4n) is 2.75. The Balaban J connectivity index is 2.05. The molecule has 1 aliphatic heterocycles. The molecule has 2 N–H and O–H groups in total. The molecule has 110 valence electrons. The van der Waals surface area contributed by atoms with E-state index in [1.54, 1.807) is 24.3 Å². The normalized spacial score (nSPS) is 18.0. The van der Waals surface area contributed by atoms with Gasteiger partial charge in [-0.05, 0) is 47.9 Å². The summed E-state index contributed by atoms with van der Waals surface area (Å²) in [5.74, 6) is 0.0566. The lowest BCUT2D eigenvalue weighted by Crippen LogP contribution is -2.19. The van der Waals surface area contributed by atoms with Gasteiger partial charge in [-0.3, -0.25) is 0 Å². The first-order valence-electron chi connectivity index (χ1n) is 6.69. The molecule has 0 saturated heterocycles. The monoisotopic (exact) mass is 293 g/mol. The van der Waals surface area contributed by atoms with Crippen molar-refractivity contribution in [3.8, 4) is 5.75 Å². The molecule has 0 saturated carbocycles. The summed E-state index contributed by atoms with van der Waals surface area (Å²) in [6.07, 6.45) is -3.62. The average Bonchev–Trinajstić information content (AvgIpc) is 2.46. The lowest BCUT2D eigenvalue weighted by atomic mass is 9.84. The quantitative estimate of drug-likeness (QED) is 0.819. The lowest BCUT2D eigenvalue weighted by Gasteiger charge is -2.28. The molecule has 0 spiro atoms. The molecule has 1 aliphatic rings. The van der Waals surface area contributed by atoms with Gasteiger partial charge in [-0.1, -0.05) is 12.1 Å². The summed E-state index contributed by atoms with van der Waals surface area (Å²) in [5.41, 5.74) is 1.68. The van der Waals surface area contributed by atoms with Crippen LogP contribution in [0.5, 0.6) is 5.75 Å². The van der Waals surface area contributed by atoms with Crippen molar-refractivity contribution >= 4 is 5.69 Å². The summed E-state index contributed by atoms with van der Waals surface area (Å²) >= 11 is 0.